The van der Waals surface area contributed by atoms with Gasteiger partial charge in [-0.15, -0.1) is 11.3 Å². The Kier molecular flexibility index (Phi) is 6.07. The number of alkyl halides is 3. The van der Waals surface area contributed by atoms with Crippen molar-refractivity contribution in [1.29, 1.82) is 0 Å². The Labute approximate surface area is 189 Å². The SMILES string of the molecule is FC(F)(F)Cc1cc2c(NC3CCC(CN[C@@H]4C[C@H]4c4ccccc4)CC3)ncnc2s1. The molecular weight excluding hydrogens is 433 g/mol. The minimum Gasteiger partial charge on any atom is -0.367 e. The lowest BCUT2D eigenvalue weighted by atomic mass is 9.86. The van der Waals surface area contributed by atoms with Gasteiger partial charge in [0.1, 0.15) is 17.0 Å². The average Bonchev–Trinajstić information content (AvgIpc) is 3.44. The summed E-state index contributed by atoms with van der Waals surface area (Å²) in [5, 5.41) is 7.93. The van der Waals surface area contributed by atoms with Crippen LogP contribution in [0.5, 0.6) is 0 Å². The average molecular weight is 461 g/mol. The minimum absolute atomic E-state index is 0.278. The van der Waals surface area contributed by atoms with Gasteiger partial charge in [0, 0.05) is 22.9 Å². The van der Waals surface area contributed by atoms with Crippen molar-refractivity contribution in [3.05, 3.63) is 53.2 Å². The van der Waals surface area contributed by atoms with Crippen molar-refractivity contribution in [2.75, 3.05) is 11.9 Å². The fraction of sp³-hybridized carbons (Fsp3) is 0.500. The Morgan fingerprint density at radius 2 is 1.81 bits per heavy atom. The molecule has 2 heterocycles. The molecule has 2 aliphatic carbocycles. The van der Waals surface area contributed by atoms with E-state index in [9.17, 15) is 13.2 Å². The van der Waals surface area contributed by atoms with E-state index in [1.807, 2.05) is 0 Å². The quantitative estimate of drug-likeness (QED) is 0.460. The third-order valence-corrected chi connectivity index (χ3v) is 7.67. The Bertz CT molecular complexity index is 1040. The van der Waals surface area contributed by atoms with Crippen LogP contribution in [0.4, 0.5) is 19.0 Å². The Morgan fingerprint density at radius 3 is 2.56 bits per heavy atom. The lowest BCUT2D eigenvalue weighted by Gasteiger charge is -2.29. The summed E-state index contributed by atoms with van der Waals surface area (Å²) >= 11 is 1.09. The molecule has 170 valence electrons. The number of halogens is 3. The van der Waals surface area contributed by atoms with Crippen molar-refractivity contribution < 1.29 is 13.2 Å². The van der Waals surface area contributed by atoms with E-state index < -0.39 is 12.6 Å². The number of benzene rings is 1. The maximum Gasteiger partial charge on any atom is 0.393 e. The first-order valence-electron chi connectivity index (χ1n) is 11.3. The van der Waals surface area contributed by atoms with Gasteiger partial charge in [0.05, 0.1) is 11.8 Å². The van der Waals surface area contributed by atoms with Crippen LogP contribution in [-0.2, 0) is 6.42 Å². The number of anilines is 1. The molecular formula is C24H27F3N4S. The number of aromatic nitrogens is 2. The largest absolute Gasteiger partial charge is 0.393 e. The van der Waals surface area contributed by atoms with Gasteiger partial charge >= 0.3 is 6.18 Å². The zero-order valence-electron chi connectivity index (χ0n) is 17.7. The topological polar surface area (TPSA) is 49.8 Å². The van der Waals surface area contributed by atoms with Crippen molar-refractivity contribution in [2.24, 2.45) is 5.92 Å². The lowest BCUT2D eigenvalue weighted by molar-refractivity contribution is -0.126. The van der Waals surface area contributed by atoms with Crippen LogP contribution in [-0.4, -0.2) is 34.8 Å². The number of hydrogen-bond acceptors (Lipinski definition) is 5. The Hall–Kier alpha value is -2.19. The summed E-state index contributed by atoms with van der Waals surface area (Å²) in [5.74, 6) is 1.99. The van der Waals surface area contributed by atoms with Gasteiger partial charge in [0.2, 0.25) is 0 Å². The summed E-state index contributed by atoms with van der Waals surface area (Å²) in [5.41, 5.74) is 1.43. The minimum atomic E-state index is -4.21. The maximum atomic E-state index is 12.8. The van der Waals surface area contributed by atoms with Crippen LogP contribution in [0.25, 0.3) is 10.2 Å². The van der Waals surface area contributed by atoms with E-state index in [2.05, 4.69) is 50.9 Å². The molecule has 8 heteroatoms. The summed E-state index contributed by atoms with van der Waals surface area (Å²) < 4.78 is 38.3. The predicted octanol–water partition coefficient (Wildman–Crippen LogP) is 5.91. The normalized spacial score (nSPS) is 25.7. The van der Waals surface area contributed by atoms with Crippen LogP contribution in [0.15, 0.2) is 42.7 Å². The first-order chi connectivity index (χ1) is 15.4. The van der Waals surface area contributed by atoms with Gasteiger partial charge < -0.3 is 10.6 Å². The number of rotatable bonds is 7. The van der Waals surface area contributed by atoms with Crippen molar-refractivity contribution in [1.82, 2.24) is 15.3 Å². The summed E-state index contributed by atoms with van der Waals surface area (Å²) in [4.78, 5) is 9.38. The highest BCUT2D eigenvalue weighted by Crippen LogP contribution is 2.41. The second-order valence-electron chi connectivity index (χ2n) is 9.08. The zero-order valence-corrected chi connectivity index (χ0v) is 18.6. The molecule has 2 fully saturated rings. The highest BCUT2D eigenvalue weighted by atomic mass is 32.1. The maximum absolute atomic E-state index is 12.8. The van der Waals surface area contributed by atoms with Crippen molar-refractivity contribution in [3.8, 4) is 0 Å². The van der Waals surface area contributed by atoms with E-state index in [0.717, 1.165) is 43.6 Å². The van der Waals surface area contributed by atoms with Crippen molar-refractivity contribution >= 4 is 27.4 Å². The van der Waals surface area contributed by atoms with Gasteiger partial charge in [0.25, 0.3) is 0 Å². The van der Waals surface area contributed by atoms with Crippen LogP contribution in [0.2, 0.25) is 0 Å². The molecule has 2 N–H and O–H groups in total. The van der Waals surface area contributed by atoms with E-state index in [-0.39, 0.29) is 4.88 Å². The van der Waals surface area contributed by atoms with Gasteiger partial charge in [-0.25, -0.2) is 9.97 Å². The fourth-order valence-corrected chi connectivity index (χ4v) is 5.84. The van der Waals surface area contributed by atoms with E-state index in [1.165, 1.54) is 18.3 Å². The molecule has 0 saturated heterocycles. The van der Waals surface area contributed by atoms with Crippen LogP contribution in [0.1, 0.15) is 48.5 Å². The molecule has 0 spiro atoms. The highest BCUT2D eigenvalue weighted by molar-refractivity contribution is 7.18. The number of nitrogens with one attached hydrogen (secondary N) is 2. The number of fused-ring (bicyclic) bond motifs is 1. The molecule has 1 aromatic carbocycles. The Morgan fingerprint density at radius 1 is 1.03 bits per heavy atom. The van der Waals surface area contributed by atoms with Crippen LogP contribution >= 0.6 is 11.3 Å². The molecule has 2 atom stereocenters. The molecule has 4 nitrogen and oxygen atoms in total. The number of nitrogens with zero attached hydrogens (tertiary/aromatic N) is 2. The second kappa shape index (κ2) is 8.98. The first-order valence-corrected chi connectivity index (χ1v) is 12.1. The molecule has 2 aromatic heterocycles. The molecule has 5 rings (SSSR count). The highest BCUT2D eigenvalue weighted by Gasteiger charge is 2.38. The van der Waals surface area contributed by atoms with E-state index in [1.54, 1.807) is 6.07 Å². The zero-order chi connectivity index (χ0) is 22.1. The molecule has 2 saturated carbocycles. The monoisotopic (exact) mass is 460 g/mol. The predicted molar refractivity (Wildman–Crippen MR) is 122 cm³/mol. The van der Waals surface area contributed by atoms with Crippen LogP contribution < -0.4 is 10.6 Å². The van der Waals surface area contributed by atoms with Gasteiger partial charge in [-0.1, -0.05) is 30.3 Å². The van der Waals surface area contributed by atoms with Gasteiger partial charge in [-0.05, 0) is 56.2 Å². The lowest BCUT2D eigenvalue weighted by Crippen LogP contribution is -2.32. The third kappa shape index (κ3) is 5.23. The molecule has 0 bridgehead atoms. The van der Waals surface area contributed by atoms with Crippen molar-refractivity contribution in [3.63, 3.8) is 0 Å². The molecule has 2 aliphatic rings. The van der Waals surface area contributed by atoms with E-state index in [4.69, 9.17) is 0 Å². The van der Waals surface area contributed by atoms with Gasteiger partial charge in [-0.3, -0.25) is 0 Å². The van der Waals surface area contributed by atoms with Crippen LogP contribution in [0.3, 0.4) is 0 Å². The number of thiophene rings is 1. The molecule has 3 aromatic rings. The fourth-order valence-electron chi connectivity index (χ4n) is 4.82. The molecule has 0 amide bonds. The Balaban J connectivity index is 1.11. The number of hydrogen-bond donors (Lipinski definition) is 2. The second-order valence-corrected chi connectivity index (χ2v) is 10.2. The summed E-state index contributed by atoms with van der Waals surface area (Å²) in [6.07, 6.45) is 1.91. The standard InChI is InChI=1S/C24H27F3N4S/c25-24(26,27)12-18-10-20-22(29-14-30-23(20)32-18)31-17-8-6-15(7-9-17)13-28-21-11-19(21)16-4-2-1-3-5-16/h1-5,10,14-15,17,19,21,28H,6-9,11-13H2,(H,29,30,31)/t15?,17?,19-,21+/m0/s1. The summed E-state index contributed by atoms with van der Waals surface area (Å²) in [6.45, 7) is 1.06. The summed E-state index contributed by atoms with van der Waals surface area (Å²) in [7, 11) is 0. The van der Waals surface area contributed by atoms with E-state index in [0.29, 0.717) is 40.0 Å². The van der Waals surface area contributed by atoms with Crippen LogP contribution in [0, 0.1) is 5.92 Å². The smallest absolute Gasteiger partial charge is 0.367 e. The molecule has 0 unspecified atom stereocenters. The van der Waals surface area contributed by atoms with Gasteiger partial charge in [0.15, 0.2) is 0 Å². The van der Waals surface area contributed by atoms with Crippen molar-refractivity contribution in [2.45, 2.75) is 62.7 Å². The molecule has 0 radical (unpaired) electrons. The van der Waals surface area contributed by atoms with Gasteiger partial charge in [-0.2, -0.15) is 13.2 Å². The van der Waals surface area contributed by atoms with E-state index >= 15 is 0 Å². The molecule has 32 heavy (non-hydrogen) atoms. The molecule has 0 aliphatic heterocycles. The summed E-state index contributed by atoms with van der Waals surface area (Å²) in [6, 6.07) is 13.2. The first kappa shape index (κ1) is 21.6. The third-order valence-electron chi connectivity index (χ3n) is 6.63.